The van der Waals surface area contributed by atoms with Crippen LogP contribution in [0.5, 0.6) is 5.88 Å². The predicted octanol–water partition coefficient (Wildman–Crippen LogP) is 4.49. The van der Waals surface area contributed by atoms with Gasteiger partial charge in [-0.3, -0.25) is 0 Å². The van der Waals surface area contributed by atoms with Crippen molar-refractivity contribution in [3.63, 3.8) is 0 Å². The van der Waals surface area contributed by atoms with Crippen LogP contribution >= 0.6 is 0 Å². The topological polar surface area (TPSA) is 34.1 Å². The van der Waals surface area contributed by atoms with Gasteiger partial charge in [0.1, 0.15) is 0 Å². The van der Waals surface area contributed by atoms with E-state index in [1.807, 2.05) is 0 Å². The lowest BCUT2D eigenvalue weighted by Crippen LogP contribution is -2.22. The van der Waals surface area contributed by atoms with Crippen LogP contribution in [0.4, 0.5) is 0 Å². The van der Waals surface area contributed by atoms with E-state index in [4.69, 9.17) is 4.74 Å². The molecule has 0 radical (unpaired) electrons. The highest BCUT2D eigenvalue weighted by Gasteiger charge is 2.04. The number of hydrogen-bond donors (Lipinski definition) is 1. The molecule has 1 N–H and O–H groups in total. The van der Waals surface area contributed by atoms with Crippen LogP contribution < -0.4 is 10.1 Å². The Hall–Kier alpha value is -1.09. The Morgan fingerprint density at radius 1 is 1.10 bits per heavy atom. The summed E-state index contributed by atoms with van der Waals surface area (Å²) in [4.78, 5) is 4.62. The van der Waals surface area contributed by atoms with Gasteiger partial charge >= 0.3 is 0 Å². The molecule has 0 bridgehead atoms. The molecule has 0 saturated heterocycles. The second-order valence-corrected chi connectivity index (χ2v) is 6.00. The van der Waals surface area contributed by atoms with E-state index in [1.54, 1.807) is 0 Å². The molecule has 3 nitrogen and oxygen atoms in total. The quantitative estimate of drug-likeness (QED) is 0.610. The molecule has 1 aromatic heterocycles. The number of nitrogens with one attached hydrogen (secondary N) is 1. The SMILES string of the molecule is CCCCCCOc1cc(CNC(C)C)cc(CCC)n1. The van der Waals surface area contributed by atoms with Crippen LogP contribution in [0.3, 0.4) is 0 Å². The summed E-state index contributed by atoms with van der Waals surface area (Å²) in [5.41, 5.74) is 2.41. The highest BCUT2D eigenvalue weighted by Crippen LogP contribution is 2.15. The van der Waals surface area contributed by atoms with Gasteiger partial charge < -0.3 is 10.1 Å². The molecule has 1 heterocycles. The number of aromatic nitrogens is 1. The zero-order chi connectivity index (χ0) is 15.5. The highest BCUT2D eigenvalue weighted by molar-refractivity contribution is 5.25. The average Bonchev–Trinajstić information content (AvgIpc) is 2.45. The molecule has 0 fully saturated rings. The van der Waals surface area contributed by atoms with E-state index in [-0.39, 0.29) is 0 Å². The fraction of sp³-hybridized carbons (Fsp3) is 0.722. The van der Waals surface area contributed by atoms with Gasteiger partial charge in [-0.25, -0.2) is 4.98 Å². The molecule has 0 atom stereocenters. The zero-order valence-corrected chi connectivity index (χ0v) is 14.2. The minimum Gasteiger partial charge on any atom is -0.478 e. The van der Waals surface area contributed by atoms with Gasteiger partial charge in [0.25, 0.3) is 0 Å². The molecule has 120 valence electrons. The number of nitrogens with zero attached hydrogens (tertiary/aromatic N) is 1. The Morgan fingerprint density at radius 2 is 1.90 bits per heavy atom. The van der Waals surface area contributed by atoms with Crippen molar-refractivity contribution < 1.29 is 4.74 Å². The Bertz CT molecular complexity index is 391. The van der Waals surface area contributed by atoms with Crippen LogP contribution in [0.2, 0.25) is 0 Å². The maximum atomic E-state index is 5.85. The van der Waals surface area contributed by atoms with Crippen molar-refractivity contribution in [2.24, 2.45) is 0 Å². The molecule has 0 aliphatic heterocycles. The van der Waals surface area contributed by atoms with Crippen molar-refractivity contribution in [3.8, 4) is 5.88 Å². The first kappa shape index (κ1) is 18.0. The van der Waals surface area contributed by atoms with Crippen LogP contribution in [0.1, 0.15) is 71.1 Å². The second kappa shape index (κ2) is 10.6. The molecule has 0 amide bonds. The van der Waals surface area contributed by atoms with Crippen molar-refractivity contribution in [1.82, 2.24) is 10.3 Å². The third kappa shape index (κ3) is 8.05. The first-order valence-electron chi connectivity index (χ1n) is 8.51. The Balaban J connectivity index is 2.58. The van der Waals surface area contributed by atoms with Crippen molar-refractivity contribution >= 4 is 0 Å². The molecule has 21 heavy (non-hydrogen) atoms. The fourth-order valence-electron chi connectivity index (χ4n) is 2.21. The Labute approximate surface area is 130 Å². The summed E-state index contributed by atoms with van der Waals surface area (Å²) in [5.74, 6) is 0.790. The Morgan fingerprint density at radius 3 is 2.57 bits per heavy atom. The number of ether oxygens (including phenoxy) is 1. The molecular formula is C18H32N2O. The summed E-state index contributed by atoms with van der Waals surface area (Å²) < 4.78 is 5.85. The van der Waals surface area contributed by atoms with Gasteiger partial charge in [0, 0.05) is 24.3 Å². The summed E-state index contributed by atoms with van der Waals surface area (Å²) in [5, 5.41) is 3.46. The lowest BCUT2D eigenvalue weighted by atomic mass is 10.1. The second-order valence-electron chi connectivity index (χ2n) is 6.00. The number of hydrogen-bond acceptors (Lipinski definition) is 3. The van der Waals surface area contributed by atoms with E-state index in [0.717, 1.165) is 44.0 Å². The van der Waals surface area contributed by atoms with Crippen molar-refractivity contribution in [2.45, 2.75) is 78.8 Å². The van der Waals surface area contributed by atoms with Gasteiger partial charge in [-0.15, -0.1) is 0 Å². The summed E-state index contributed by atoms with van der Waals surface area (Å²) in [7, 11) is 0. The van der Waals surface area contributed by atoms with E-state index < -0.39 is 0 Å². The average molecular weight is 292 g/mol. The Kier molecular flexibility index (Phi) is 9.07. The van der Waals surface area contributed by atoms with Gasteiger partial charge in [-0.2, -0.15) is 0 Å². The minimum atomic E-state index is 0.492. The molecule has 0 unspecified atom stereocenters. The fourth-order valence-corrected chi connectivity index (χ4v) is 2.21. The van der Waals surface area contributed by atoms with Crippen molar-refractivity contribution in [2.75, 3.05) is 6.61 Å². The molecule has 0 aliphatic carbocycles. The standard InChI is InChI=1S/C18H32N2O/c1-5-7-8-9-11-21-18-13-16(14-19-15(3)4)12-17(20-18)10-6-2/h12-13,15,19H,5-11,14H2,1-4H3. The largest absolute Gasteiger partial charge is 0.478 e. The maximum absolute atomic E-state index is 5.85. The van der Waals surface area contributed by atoms with Crippen LogP contribution in [0.25, 0.3) is 0 Å². The summed E-state index contributed by atoms with van der Waals surface area (Å²) >= 11 is 0. The zero-order valence-electron chi connectivity index (χ0n) is 14.2. The van der Waals surface area contributed by atoms with E-state index in [9.17, 15) is 0 Å². The maximum Gasteiger partial charge on any atom is 0.213 e. The third-order valence-corrected chi connectivity index (χ3v) is 3.38. The van der Waals surface area contributed by atoms with Gasteiger partial charge in [-0.05, 0) is 24.5 Å². The number of pyridine rings is 1. The van der Waals surface area contributed by atoms with E-state index in [0.29, 0.717) is 6.04 Å². The molecule has 0 spiro atoms. The lowest BCUT2D eigenvalue weighted by Gasteiger charge is -2.12. The molecule has 0 aromatic carbocycles. The molecule has 3 heteroatoms. The first-order chi connectivity index (χ1) is 10.2. The molecule has 1 rings (SSSR count). The first-order valence-corrected chi connectivity index (χ1v) is 8.51. The molecular weight excluding hydrogens is 260 g/mol. The van der Waals surface area contributed by atoms with E-state index in [2.05, 4.69) is 50.1 Å². The van der Waals surface area contributed by atoms with Gasteiger partial charge in [-0.1, -0.05) is 53.4 Å². The third-order valence-electron chi connectivity index (χ3n) is 3.38. The number of aryl methyl sites for hydroxylation is 1. The van der Waals surface area contributed by atoms with Gasteiger partial charge in [0.15, 0.2) is 0 Å². The van der Waals surface area contributed by atoms with E-state index >= 15 is 0 Å². The smallest absolute Gasteiger partial charge is 0.213 e. The monoisotopic (exact) mass is 292 g/mol. The van der Waals surface area contributed by atoms with Crippen LogP contribution in [-0.4, -0.2) is 17.6 Å². The van der Waals surface area contributed by atoms with Crippen molar-refractivity contribution in [3.05, 3.63) is 23.4 Å². The number of unbranched alkanes of at least 4 members (excludes halogenated alkanes) is 3. The van der Waals surface area contributed by atoms with Crippen LogP contribution in [0.15, 0.2) is 12.1 Å². The number of rotatable bonds is 11. The summed E-state index contributed by atoms with van der Waals surface area (Å²) in [6.45, 7) is 10.4. The highest BCUT2D eigenvalue weighted by atomic mass is 16.5. The van der Waals surface area contributed by atoms with E-state index in [1.165, 1.54) is 24.8 Å². The lowest BCUT2D eigenvalue weighted by molar-refractivity contribution is 0.292. The van der Waals surface area contributed by atoms with Crippen LogP contribution in [-0.2, 0) is 13.0 Å². The molecule has 0 saturated carbocycles. The summed E-state index contributed by atoms with van der Waals surface area (Å²) in [6.07, 6.45) is 7.04. The molecule has 1 aromatic rings. The minimum absolute atomic E-state index is 0.492. The normalized spacial score (nSPS) is 11.1. The van der Waals surface area contributed by atoms with Crippen LogP contribution in [0, 0.1) is 0 Å². The summed E-state index contributed by atoms with van der Waals surface area (Å²) in [6, 6.07) is 4.77. The van der Waals surface area contributed by atoms with Crippen molar-refractivity contribution in [1.29, 1.82) is 0 Å². The molecule has 0 aliphatic rings. The predicted molar refractivity (Wildman–Crippen MR) is 89.8 cm³/mol. The van der Waals surface area contributed by atoms with Gasteiger partial charge in [0.2, 0.25) is 5.88 Å². The van der Waals surface area contributed by atoms with Gasteiger partial charge in [0.05, 0.1) is 6.61 Å².